The van der Waals surface area contributed by atoms with E-state index < -0.39 is 9.84 Å². The normalized spacial score (nSPS) is 34.5. The van der Waals surface area contributed by atoms with Gasteiger partial charge in [0.2, 0.25) is 5.91 Å². The van der Waals surface area contributed by atoms with Crippen molar-refractivity contribution in [2.75, 3.05) is 51.3 Å². The minimum absolute atomic E-state index is 0.0219. The van der Waals surface area contributed by atoms with Crippen LogP contribution in [-0.4, -0.2) is 93.7 Å². The summed E-state index contributed by atoms with van der Waals surface area (Å²) in [6.07, 6.45) is 4.68. The van der Waals surface area contributed by atoms with E-state index >= 15 is 0 Å². The molecule has 0 aromatic heterocycles. The highest BCUT2D eigenvalue weighted by Crippen LogP contribution is 2.28. The fraction of sp³-hybridized carbons (Fsp3) is 0.938. The fourth-order valence-corrected chi connectivity index (χ4v) is 5.43. The summed E-state index contributed by atoms with van der Waals surface area (Å²) in [6, 6.07) is 0.623. The zero-order chi connectivity index (χ0) is 17.2. The quantitative estimate of drug-likeness (QED) is 0.711. The molecule has 1 aliphatic carbocycles. The van der Waals surface area contributed by atoms with Gasteiger partial charge in [-0.3, -0.25) is 14.6 Å². The molecule has 3 rings (SSSR count). The van der Waals surface area contributed by atoms with Crippen molar-refractivity contribution in [1.29, 1.82) is 0 Å². The molecule has 0 bridgehead atoms. The highest BCUT2D eigenvalue weighted by Gasteiger charge is 2.37. The second kappa shape index (κ2) is 7.68. The molecule has 0 aromatic rings. The minimum Gasteiger partial charge on any atom is -0.380 e. The summed E-state index contributed by atoms with van der Waals surface area (Å²) in [6.45, 7) is 3.23. The van der Waals surface area contributed by atoms with Crippen LogP contribution in [0, 0.1) is 0 Å². The summed E-state index contributed by atoms with van der Waals surface area (Å²) in [4.78, 5) is 16.8. The van der Waals surface area contributed by atoms with Gasteiger partial charge in [0, 0.05) is 45.4 Å². The van der Waals surface area contributed by atoms with E-state index in [9.17, 15) is 13.2 Å². The molecule has 1 N–H and O–H groups in total. The van der Waals surface area contributed by atoms with E-state index in [1.54, 1.807) is 7.11 Å². The molecule has 2 heterocycles. The smallest absolute Gasteiger partial charge is 0.234 e. The van der Waals surface area contributed by atoms with Crippen molar-refractivity contribution in [3.63, 3.8) is 0 Å². The number of rotatable bonds is 5. The van der Waals surface area contributed by atoms with Crippen LogP contribution in [0.25, 0.3) is 0 Å². The molecule has 24 heavy (non-hydrogen) atoms. The van der Waals surface area contributed by atoms with E-state index in [0.29, 0.717) is 31.8 Å². The molecule has 1 amide bonds. The lowest BCUT2D eigenvalue weighted by molar-refractivity contribution is -0.123. The molecule has 0 radical (unpaired) electrons. The third-order valence-electron chi connectivity index (χ3n) is 5.61. The lowest BCUT2D eigenvalue weighted by Crippen LogP contribution is -2.51. The maximum Gasteiger partial charge on any atom is 0.234 e. The average molecular weight is 359 g/mol. The molecular formula is C16H29N3O4S. The Morgan fingerprint density at radius 2 is 1.92 bits per heavy atom. The predicted octanol–water partition coefficient (Wildman–Crippen LogP) is -0.525. The number of nitrogens with zero attached hydrogens (tertiary/aromatic N) is 2. The Bertz CT molecular complexity index is 540. The van der Waals surface area contributed by atoms with Crippen LogP contribution < -0.4 is 5.32 Å². The minimum atomic E-state index is -2.89. The highest BCUT2D eigenvalue weighted by molar-refractivity contribution is 7.91. The van der Waals surface area contributed by atoms with Gasteiger partial charge in [0.1, 0.15) is 0 Å². The average Bonchev–Trinajstić information content (AvgIpc) is 3.18. The van der Waals surface area contributed by atoms with Gasteiger partial charge in [-0.05, 0) is 25.7 Å². The van der Waals surface area contributed by atoms with E-state index in [1.165, 1.54) is 0 Å². The standard InChI is InChI=1S/C16H29N3O4S/c1-23-13-5-6-19(11-13)15-4-2-3-14(15)17-16(20)12-18-7-9-24(21,22)10-8-18/h13-15H,2-12H2,1H3,(H,17,20)/t13?,14-,15+/m1/s1. The molecular weight excluding hydrogens is 330 g/mol. The van der Waals surface area contributed by atoms with Crippen molar-refractivity contribution in [3.8, 4) is 0 Å². The lowest BCUT2D eigenvalue weighted by Gasteiger charge is -2.31. The van der Waals surface area contributed by atoms with Gasteiger partial charge in [-0.25, -0.2) is 8.42 Å². The van der Waals surface area contributed by atoms with Crippen LogP contribution in [0.4, 0.5) is 0 Å². The Labute approximate surface area is 144 Å². The molecule has 2 aliphatic heterocycles. The van der Waals surface area contributed by atoms with E-state index in [2.05, 4.69) is 10.2 Å². The summed E-state index contributed by atoms with van der Waals surface area (Å²) in [5.74, 6) is 0.352. The van der Waals surface area contributed by atoms with Crippen LogP contribution in [0.3, 0.4) is 0 Å². The van der Waals surface area contributed by atoms with E-state index in [1.807, 2.05) is 4.90 Å². The largest absolute Gasteiger partial charge is 0.380 e. The van der Waals surface area contributed by atoms with Crippen molar-refractivity contribution < 1.29 is 17.9 Å². The molecule has 3 aliphatic rings. The second-order valence-electron chi connectivity index (χ2n) is 7.24. The van der Waals surface area contributed by atoms with Gasteiger partial charge in [0.25, 0.3) is 0 Å². The van der Waals surface area contributed by atoms with Gasteiger partial charge in [0.05, 0.1) is 24.2 Å². The zero-order valence-corrected chi connectivity index (χ0v) is 15.3. The maximum atomic E-state index is 12.4. The lowest BCUT2D eigenvalue weighted by atomic mass is 10.1. The Balaban J connectivity index is 1.47. The van der Waals surface area contributed by atoms with Crippen molar-refractivity contribution in [2.24, 2.45) is 0 Å². The van der Waals surface area contributed by atoms with Crippen molar-refractivity contribution in [1.82, 2.24) is 15.1 Å². The highest BCUT2D eigenvalue weighted by atomic mass is 32.2. The van der Waals surface area contributed by atoms with Crippen LogP contribution in [0.5, 0.6) is 0 Å². The topological polar surface area (TPSA) is 79.0 Å². The molecule has 3 atom stereocenters. The number of likely N-dealkylation sites (tertiary alicyclic amines) is 1. The van der Waals surface area contributed by atoms with E-state index in [-0.39, 0.29) is 23.5 Å². The van der Waals surface area contributed by atoms with Gasteiger partial charge in [-0.15, -0.1) is 0 Å². The van der Waals surface area contributed by atoms with E-state index in [4.69, 9.17) is 4.74 Å². The molecule has 1 unspecified atom stereocenters. The molecule has 7 nitrogen and oxygen atoms in total. The van der Waals surface area contributed by atoms with E-state index in [0.717, 1.165) is 38.8 Å². The third kappa shape index (κ3) is 4.47. The second-order valence-corrected chi connectivity index (χ2v) is 9.55. The van der Waals surface area contributed by atoms with Crippen molar-refractivity contribution >= 4 is 15.7 Å². The van der Waals surface area contributed by atoms with Crippen molar-refractivity contribution in [2.45, 2.75) is 43.9 Å². The number of carbonyl (C=O) groups excluding carboxylic acids is 1. The van der Waals surface area contributed by atoms with Gasteiger partial charge in [-0.1, -0.05) is 0 Å². The first-order chi connectivity index (χ1) is 11.5. The summed E-state index contributed by atoms with van der Waals surface area (Å²) in [7, 11) is -1.13. The fourth-order valence-electron chi connectivity index (χ4n) is 4.16. The first-order valence-corrected chi connectivity index (χ1v) is 10.8. The third-order valence-corrected chi connectivity index (χ3v) is 7.22. The molecule has 0 spiro atoms. The number of nitrogens with one attached hydrogen (secondary N) is 1. The van der Waals surface area contributed by atoms with Crippen LogP contribution >= 0.6 is 0 Å². The number of hydrogen-bond acceptors (Lipinski definition) is 6. The van der Waals surface area contributed by atoms with Gasteiger partial charge in [0.15, 0.2) is 9.84 Å². The molecule has 0 aromatic carbocycles. The number of ether oxygens (including phenoxy) is 1. The summed E-state index contributed by atoms with van der Waals surface area (Å²) in [5.41, 5.74) is 0. The van der Waals surface area contributed by atoms with Crippen LogP contribution in [-0.2, 0) is 19.4 Å². The van der Waals surface area contributed by atoms with Crippen LogP contribution in [0.1, 0.15) is 25.7 Å². The van der Waals surface area contributed by atoms with Gasteiger partial charge >= 0.3 is 0 Å². The first kappa shape index (κ1) is 18.1. The SMILES string of the molecule is COC1CCN([C@H]2CCC[C@H]2NC(=O)CN2CCS(=O)(=O)CC2)C1. The molecule has 2 saturated heterocycles. The molecule has 3 fully saturated rings. The number of carbonyl (C=O) groups is 1. The predicted molar refractivity (Wildman–Crippen MR) is 91.7 cm³/mol. The monoisotopic (exact) mass is 359 g/mol. The number of sulfone groups is 1. The molecule has 1 saturated carbocycles. The number of hydrogen-bond donors (Lipinski definition) is 1. The molecule has 138 valence electrons. The maximum absolute atomic E-state index is 12.4. The Morgan fingerprint density at radius 1 is 1.17 bits per heavy atom. The summed E-state index contributed by atoms with van der Waals surface area (Å²) in [5, 5.41) is 3.19. The Morgan fingerprint density at radius 3 is 2.58 bits per heavy atom. The number of methoxy groups -OCH3 is 1. The summed E-state index contributed by atoms with van der Waals surface area (Å²) < 4.78 is 28.4. The van der Waals surface area contributed by atoms with Gasteiger partial charge < -0.3 is 10.1 Å². The van der Waals surface area contributed by atoms with Crippen molar-refractivity contribution in [3.05, 3.63) is 0 Å². The summed E-state index contributed by atoms with van der Waals surface area (Å²) >= 11 is 0. The van der Waals surface area contributed by atoms with Crippen LogP contribution in [0.15, 0.2) is 0 Å². The number of amides is 1. The first-order valence-electron chi connectivity index (χ1n) is 8.96. The zero-order valence-electron chi connectivity index (χ0n) is 14.4. The van der Waals surface area contributed by atoms with Gasteiger partial charge in [-0.2, -0.15) is 0 Å². The Kier molecular flexibility index (Phi) is 5.79. The Hall–Kier alpha value is -0.700. The van der Waals surface area contributed by atoms with Crippen LogP contribution in [0.2, 0.25) is 0 Å². The molecule has 8 heteroatoms.